The van der Waals surface area contributed by atoms with E-state index in [1.54, 1.807) is 0 Å². The Hall–Kier alpha value is -1.12. The van der Waals surface area contributed by atoms with E-state index in [-0.39, 0.29) is 0 Å². The van der Waals surface area contributed by atoms with E-state index in [9.17, 15) is 0 Å². The number of hydrogen-bond acceptors (Lipinski definition) is 3. The number of nitrogens with zero attached hydrogens (tertiary/aromatic N) is 2. The SMILES string of the molecule is CCc1nc(N)cc(CC(C)C)n1. The molecule has 0 amide bonds. The molecule has 0 unspecified atom stereocenters. The molecule has 0 bridgehead atoms. The second kappa shape index (κ2) is 4.21. The van der Waals surface area contributed by atoms with Gasteiger partial charge < -0.3 is 5.73 Å². The van der Waals surface area contributed by atoms with Gasteiger partial charge in [-0.2, -0.15) is 0 Å². The first-order valence-electron chi connectivity index (χ1n) is 4.74. The number of rotatable bonds is 3. The molecule has 0 aliphatic heterocycles. The molecule has 2 N–H and O–H groups in total. The zero-order chi connectivity index (χ0) is 9.84. The van der Waals surface area contributed by atoms with Crippen molar-refractivity contribution < 1.29 is 0 Å². The standard InChI is InChI=1S/C10H17N3/c1-4-10-12-8(5-7(2)3)6-9(11)13-10/h6-7H,4-5H2,1-3H3,(H2,11,12,13). The molecule has 1 aromatic rings. The Bertz CT molecular complexity index is 281. The van der Waals surface area contributed by atoms with Crippen LogP contribution in [0.25, 0.3) is 0 Å². The monoisotopic (exact) mass is 179 g/mol. The van der Waals surface area contributed by atoms with Crippen molar-refractivity contribution in [1.82, 2.24) is 9.97 Å². The summed E-state index contributed by atoms with van der Waals surface area (Å²) >= 11 is 0. The highest BCUT2D eigenvalue weighted by atomic mass is 14.9. The molecule has 72 valence electrons. The van der Waals surface area contributed by atoms with Gasteiger partial charge in [0.15, 0.2) is 0 Å². The van der Waals surface area contributed by atoms with Gasteiger partial charge >= 0.3 is 0 Å². The van der Waals surface area contributed by atoms with Gasteiger partial charge in [-0.3, -0.25) is 0 Å². The summed E-state index contributed by atoms with van der Waals surface area (Å²) in [4.78, 5) is 8.53. The van der Waals surface area contributed by atoms with Crippen LogP contribution in [-0.2, 0) is 12.8 Å². The molecule has 0 spiro atoms. The van der Waals surface area contributed by atoms with Gasteiger partial charge in [0.2, 0.25) is 0 Å². The smallest absolute Gasteiger partial charge is 0.130 e. The van der Waals surface area contributed by atoms with Gasteiger partial charge in [0.25, 0.3) is 0 Å². The van der Waals surface area contributed by atoms with Crippen molar-refractivity contribution in [2.75, 3.05) is 5.73 Å². The lowest BCUT2D eigenvalue weighted by Crippen LogP contribution is -2.04. The molecular weight excluding hydrogens is 162 g/mol. The molecule has 0 aliphatic carbocycles. The van der Waals surface area contributed by atoms with Crippen LogP contribution in [0.15, 0.2) is 6.07 Å². The Kier molecular flexibility index (Phi) is 3.23. The second-order valence-corrected chi connectivity index (χ2v) is 3.65. The van der Waals surface area contributed by atoms with Gasteiger partial charge in [0, 0.05) is 18.2 Å². The normalized spacial score (nSPS) is 10.8. The van der Waals surface area contributed by atoms with Crippen molar-refractivity contribution in [1.29, 1.82) is 0 Å². The lowest BCUT2D eigenvalue weighted by molar-refractivity contribution is 0.631. The maximum atomic E-state index is 5.66. The van der Waals surface area contributed by atoms with Gasteiger partial charge in [-0.25, -0.2) is 9.97 Å². The number of hydrogen-bond donors (Lipinski definition) is 1. The van der Waals surface area contributed by atoms with E-state index in [0.717, 1.165) is 24.4 Å². The van der Waals surface area contributed by atoms with E-state index in [1.165, 1.54) is 0 Å². The van der Waals surface area contributed by atoms with Crippen molar-refractivity contribution >= 4 is 5.82 Å². The van der Waals surface area contributed by atoms with Crippen LogP contribution in [0.2, 0.25) is 0 Å². The van der Waals surface area contributed by atoms with Gasteiger partial charge in [-0.1, -0.05) is 20.8 Å². The fraction of sp³-hybridized carbons (Fsp3) is 0.600. The molecule has 0 atom stereocenters. The molecule has 0 aromatic carbocycles. The lowest BCUT2D eigenvalue weighted by atomic mass is 10.1. The predicted molar refractivity (Wildman–Crippen MR) is 54.4 cm³/mol. The highest BCUT2D eigenvalue weighted by Crippen LogP contribution is 2.08. The zero-order valence-electron chi connectivity index (χ0n) is 8.54. The molecule has 1 aromatic heterocycles. The van der Waals surface area contributed by atoms with Crippen molar-refractivity contribution in [3.8, 4) is 0 Å². The van der Waals surface area contributed by atoms with Gasteiger partial charge in [-0.15, -0.1) is 0 Å². The third-order valence-electron chi connectivity index (χ3n) is 1.78. The molecule has 1 heterocycles. The largest absolute Gasteiger partial charge is 0.384 e. The summed E-state index contributed by atoms with van der Waals surface area (Å²) in [6, 6.07) is 1.86. The van der Waals surface area contributed by atoms with Crippen LogP contribution in [0.1, 0.15) is 32.3 Å². The van der Waals surface area contributed by atoms with E-state index in [1.807, 2.05) is 13.0 Å². The zero-order valence-corrected chi connectivity index (χ0v) is 8.54. The minimum Gasteiger partial charge on any atom is -0.384 e. The molecule has 0 saturated carbocycles. The van der Waals surface area contributed by atoms with E-state index in [4.69, 9.17) is 5.73 Å². The third kappa shape index (κ3) is 3.01. The van der Waals surface area contributed by atoms with Crippen LogP contribution < -0.4 is 5.73 Å². The van der Waals surface area contributed by atoms with Crippen LogP contribution in [0.3, 0.4) is 0 Å². The number of aromatic nitrogens is 2. The van der Waals surface area contributed by atoms with E-state index >= 15 is 0 Å². The van der Waals surface area contributed by atoms with Gasteiger partial charge in [0.05, 0.1) is 0 Å². The Balaban J connectivity index is 2.88. The quantitative estimate of drug-likeness (QED) is 0.770. The molecule has 0 radical (unpaired) electrons. The topological polar surface area (TPSA) is 51.8 Å². The number of anilines is 1. The van der Waals surface area contributed by atoms with Gasteiger partial charge in [0.1, 0.15) is 11.6 Å². The Morgan fingerprint density at radius 2 is 2.08 bits per heavy atom. The molecule has 0 saturated heterocycles. The first kappa shape index (κ1) is 9.96. The fourth-order valence-corrected chi connectivity index (χ4v) is 1.26. The minimum atomic E-state index is 0.586. The minimum absolute atomic E-state index is 0.586. The van der Waals surface area contributed by atoms with Crippen molar-refractivity contribution in [2.24, 2.45) is 5.92 Å². The Labute approximate surface area is 79.4 Å². The molecule has 3 heteroatoms. The molecular formula is C10H17N3. The molecule has 1 rings (SSSR count). The lowest BCUT2D eigenvalue weighted by Gasteiger charge is -2.06. The average molecular weight is 179 g/mol. The summed E-state index contributed by atoms with van der Waals surface area (Å²) in [5.41, 5.74) is 6.71. The first-order valence-corrected chi connectivity index (χ1v) is 4.74. The van der Waals surface area contributed by atoms with E-state index in [2.05, 4.69) is 23.8 Å². The summed E-state index contributed by atoms with van der Waals surface area (Å²) in [7, 11) is 0. The van der Waals surface area contributed by atoms with Crippen molar-refractivity contribution in [2.45, 2.75) is 33.6 Å². The van der Waals surface area contributed by atoms with E-state index in [0.29, 0.717) is 11.7 Å². The molecule has 13 heavy (non-hydrogen) atoms. The highest BCUT2D eigenvalue weighted by molar-refractivity contribution is 5.29. The first-order chi connectivity index (χ1) is 6.11. The average Bonchev–Trinajstić information content (AvgIpc) is 2.01. The van der Waals surface area contributed by atoms with Crippen LogP contribution >= 0.6 is 0 Å². The fourth-order valence-electron chi connectivity index (χ4n) is 1.26. The molecule has 3 nitrogen and oxygen atoms in total. The summed E-state index contributed by atoms with van der Waals surface area (Å²) in [6.45, 7) is 6.38. The highest BCUT2D eigenvalue weighted by Gasteiger charge is 2.03. The summed E-state index contributed by atoms with van der Waals surface area (Å²) in [6.07, 6.45) is 1.82. The predicted octanol–water partition coefficient (Wildman–Crippen LogP) is 1.82. The summed E-state index contributed by atoms with van der Waals surface area (Å²) in [5.74, 6) is 2.04. The maximum absolute atomic E-state index is 5.66. The third-order valence-corrected chi connectivity index (χ3v) is 1.78. The number of nitrogens with two attached hydrogens (primary N) is 1. The Morgan fingerprint density at radius 3 is 2.62 bits per heavy atom. The summed E-state index contributed by atoms with van der Waals surface area (Å²) < 4.78 is 0. The van der Waals surface area contributed by atoms with E-state index < -0.39 is 0 Å². The Morgan fingerprint density at radius 1 is 1.38 bits per heavy atom. The van der Waals surface area contributed by atoms with Gasteiger partial charge in [-0.05, 0) is 12.3 Å². The second-order valence-electron chi connectivity index (χ2n) is 3.65. The van der Waals surface area contributed by atoms with Crippen molar-refractivity contribution in [3.63, 3.8) is 0 Å². The van der Waals surface area contributed by atoms with Crippen LogP contribution in [0.4, 0.5) is 5.82 Å². The molecule has 0 aliphatic rings. The summed E-state index contributed by atoms with van der Waals surface area (Å²) in [5, 5.41) is 0. The number of nitrogen functional groups attached to an aromatic ring is 1. The maximum Gasteiger partial charge on any atom is 0.130 e. The van der Waals surface area contributed by atoms with Crippen LogP contribution in [0.5, 0.6) is 0 Å². The number of aryl methyl sites for hydroxylation is 1. The van der Waals surface area contributed by atoms with Crippen molar-refractivity contribution in [3.05, 3.63) is 17.6 Å². The van der Waals surface area contributed by atoms with Crippen LogP contribution in [0, 0.1) is 5.92 Å². The molecule has 0 fully saturated rings. The van der Waals surface area contributed by atoms with Crippen LogP contribution in [-0.4, -0.2) is 9.97 Å².